The fourth-order valence-electron chi connectivity index (χ4n) is 2.27. The van der Waals surface area contributed by atoms with E-state index < -0.39 is 10.0 Å². The molecule has 19 heavy (non-hydrogen) atoms. The van der Waals surface area contributed by atoms with E-state index in [-0.39, 0.29) is 18.5 Å². The highest BCUT2D eigenvalue weighted by molar-refractivity contribution is 7.88. The third kappa shape index (κ3) is 6.38. The summed E-state index contributed by atoms with van der Waals surface area (Å²) in [5.41, 5.74) is 0. The summed E-state index contributed by atoms with van der Waals surface area (Å²) in [6.07, 6.45) is 6.25. The zero-order valence-electron chi connectivity index (χ0n) is 12.2. The van der Waals surface area contributed by atoms with Gasteiger partial charge >= 0.3 is 0 Å². The second kappa shape index (κ2) is 7.24. The van der Waals surface area contributed by atoms with Crippen LogP contribution in [0.4, 0.5) is 0 Å². The lowest BCUT2D eigenvalue weighted by Crippen LogP contribution is -2.43. The van der Waals surface area contributed by atoms with E-state index in [1.54, 1.807) is 0 Å². The molecule has 0 aromatic carbocycles. The molecule has 112 valence electrons. The van der Waals surface area contributed by atoms with E-state index in [0.29, 0.717) is 12.5 Å². The normalized spacial score (nSPS) is 17.3. The minimum Gasteiger partial charge on any atom is -0.352 e. The predicted octanol–water partition coefficient (Wildman–Crippen LogP) is 1.35. The molecule has 1 fully saturated rings. The van der Waals surface area contributed by atoms with Gasteiger partial charge in [0.05, 0.1) is 12.8 Å². The van der Waals surface area contributed by atoms with Crippen LogP contribution in [-0.2, 0) is 14.8 Å². The van der Waals surface area contributed by atoms with Crippen LogP contribution in [0.5, 0.6) is 0 Å². The van der Waals surface area contributed by atoms with Crippen molar-refractivity contribution in [3.8, 4) is 0 Å². The van der Waals surface area contributed by atoms with Crippen molar-refractivity contribution in [1.82, 2.24) is 9.62 Å². The van der Waals surface area contributed by atoms with Gasteiger partial charge in [-0.05, 0) is 25.2 Å². The molecule has 1 saturated carbocycles. The summed E-state index contributed by atoms with van der Waals surface area (Å²) in [5.74, 6) is 0.239. The first kappa shape index (κ1) is 16.4. The SMILES string of the molecule is CC(C)CCN(CC(=O)NC1CCCC1)S(C)(=O)=O. The number of rotatable bonds is 7. The van der Waals surface area contributed by atoms with Crippen molar-refractivity contribution < 1.29 is 13.2 Å². The Labute approximate surface area is 116 Å². The molecule has 1 amide bonds. The molecule has 0 unspecified atom stereocenters. The molecule has 0 heterocycles. The van der Waals surface area contributed by atoms with Crippen LogP contribution in [0.1, 0.15) is 46.0 Å². The van der Waals surface area contributed by atoms with Gasteiger partial charge in [-0.3, -0.25) is 4.79 Å². The number of nitrogens with one attached hydrogen (secondary N) is 1. The molecule has 0 bridgehead atoms. The van der Waals surface area contributed by atoms with Gasteiger partial charge in [-0.2, -0.15) is 4.31 Å². The van der Waals surface area contributed by atoms with Gasteiger partial charge < -0.3 is 5.32 Å². The topological polar surface area (TPSA) is 66.5 Å². The molecule has 0 spiro atoms. The van der Waals surface area contributed by atoms with Crippen molar-refractivity contribution >= 4 is 15.9 Å². The highest BCUT2D eigenvalue weighted by Crippen LogP contribution is 2.17. The molecule has 0 radical (unpaired) electrons. The number of carbonyl (C=O) groups excluding carboxylic acids is 1. The Hall–Kier alpha value is -0.620. The summed E-state index contributed by atoms with van der Waals surface area (Å²) in [4.78, 5) is 11.9. The van der Waals surface area contributed by atoms with Gasteiger partial charge in [-0.15, -0.1) is 0 Å². The molecule has 0 aliphatic heterocycles. The third-order valence-electron chi connectivity index (χ3n) is 3.47. The molecule has 0 atom stereocenters. The van der Waals surface area contributed by atoms with Gasteiger partial charge in [-0.25, -0.2) is 8.42 Å². The molecule has 0 saturated heterocycles. The molecule has 1 rings (SSSR count). The molecule has 0 aromatic heterocycles. The van der Waals surface area contributed by atoms with Gasteiger partial charge in [0, 0.05) is 12.6 Å². The summed E-state index contributed by atoms with van der Waals surface area (Å²) in [7, 11) is -3.32. The number of sulfonamides is 1. The van der Waals surface area contributed by atoms with Crippen molar-refractivity contribution in [1.29, 1.82) is 0 Å². The van der Waals surface area contributed by atoms with Crippen molar-refractivity contribution in [2.75, 3.05) is 19.3 Å². The Bertz CT molecular complexity index is 387. The van der Waals surface area contributed by atoms with Crippen molar-refractivity contribution in [3.63, 3.8) is 0 Å². The van der Waals surface area contributed by atoms with E-state index >= 15 is 0 Å². The number of carbonyl (C=O) groups is 1. The molecule has 1 aliphatic carbocycles. The standard InChI is InChI=1S/C13H26N2O3S/c1-11(2)8-9-15(19(3,17)18)10-13(16)14-12-6-4-5-7-12/h11-12H,4-10H2,1-3H3,(H,14,16). The number of amides is 1. The lowest BCUT2D eigenvalue weighted by atomic mass is 10.1. The lowest BCUT2D eigenvalue weighted by molar-refractivity contribution is -0.122. The van der Waals surface area contributed by atoms with Crippen molar-refractivity contribution in [2.45, 2.75) is 52.0 Å². The highest BCUT2D eigenvalue weighted by Gasteiger charge is 2.23. The predicted molar refractivity (Wildman–Crippen MR) is 76.3 cm³/mol. The monoisotopic (exact) mass is 290 g/mol. The average Bonchev–Trinajstić information content (AvgIpc) is 2.74. The summed E-state index contributed by atoms with van der Waals surface area (Å²) in [6, 6.07) is 0.235. The Balaban J connectivity index is 2.48. The van der Waals surface area contributed by atoms with E-state index in [1.165, 1.54) is 4.31 Å². The molecular weight excluding hydrogens is 264 g/mol. The summed E-state index contributed by atoms with van der Waals surface area (Å²) < 4.78 is 24.6. The van der Waals surface area contributed by atoms with Gasteiger partial charge in [0.15, 0.2) is 0 Å². The first-order valence-corrected chi connectivity index (χ1v) is 8.88. The van der Waals surface area contributed by atoms with E-state index in [9.17, 15) is 13.2 Å². The van der Waals surface area contributed by atoms with Crippen molar-refractivity contribution in [2.24, 2.45) is 5.92 Å². The average molecular weight is 290 g/mol. The quantitative estimate of drug-likeness (QED) is 0.769. The molecular formula is C13H26N2O3S. The zero-order valence-corrected chi connectivity index (χ0v) is 13.0. The Morgan fingerprint density at radius 2 is 1.89 bits per heavy atom. The summed E-state index contributed by atoms with van der Waals surface area (Å²) in [6.45, 7) is 4.44. The molecule has 1 N–H and O–H groups in total. The Kier molecular flexibility index (Phi) is 6.26. The maximum absolute atomic E-state index is 11.9. The molecule has 6 heteroatoms. The van der Waals surface area contributed by atoms with Crippen LogP contribution in [0, 0.1) is 5.92 Å². The fourth-order valence-corrected chi connectivity index (χ4v) is 3.06. The second-order valence-corrected chi connectivity index (χ2v) is 7.81. The Morgan fingerprint density at radius 3 is 2.37 bits per heavy atom. The van der Waals surface area contributed by atoms with Gasteiger partial charge in [-0.1, -0.05) is 26.7 Å². The zero-order chi connectivity index (χ0) is 14.5. The molecule has 0 aromatic rings. The minimum atomic E-state index is -3.32. The Morgan fingerprint density at radius 1 is 1.32 bits per heavy atom. The molecule has 1 aliphatic rings. The van der Waals surface area contributed by atoms with Crippen LogP contribution in [0.15, 0.2) is 0 Å². The van der Waals surface area contributed by atoms with Crippen molar-refractivity contribution in [3.05, 3.63) is 0 Å². The van der Waals surface area contributed by atoms with Gasteiger partial charge in [0.1, 0.15) is 0 Å². The van der Waals surface area contributed by atoms with Crippen LogP contribution in [0.3, 0.4) is 0 Å². The maximum Gasteiger partial charge on any atom is 0.235 e. The first-order valence-electron chi connectivity index (χ1n) is 7.03. The largest absolute Gasteiger partial charge is 0.352 e. The second-order valence-electron chi connectivity index (χ2n) is 5.83. The van der Waals surface area contributed by atoms with Crippen LogP contribution < -0.4 is 5.32 Å². The number of hydrogen-bond donors (Lipinski definition) is 1. The maximum atomic E-state index is 11.9. The minimum absolute atomic E-state index is 0.0535. The van der Waals surface area contributed by atoms with Crippen LogP contribution >= 0.6 is 0 Å². The number of nitrogens with zero attached hydrogens (tertiary/aromatic N) is 1. The van der Waals surface area contributed by atoms with E-state index in [4.69, 9.17) is 0 Å². The highest BCUT2D eigenvalue weighted by atomic mass is 32.2. The van der Waals surface area contributed by atoms with Gasteiger partial charge in [0.25, 0.3) is 0 Å². The smallest absolute Gasteiger partial charge is 0.235 e. The first-order chi connectivity index (χ1) is 8.79. The van der Waals surface area contributed by atoms with E-state index in [2.05, 4.69) is 5.32 Å². The third-order valence-corrected chi connectivity index (χ3v) is 4.71. The van der Waals surface area contributed by atoms with E-state index in [1.807, 2.05) is 13.8 Å². The van der Waals surface area contributed by atoms with Crippen LogP contribution in [-0.4, -0.2) is 44.0 Å². The summed E-state index contributed by atoms with van der Waals surface area (Å²) >= 11 is 0. The van der Waals surface area contributed by atoms with Gasteiger partial charge in [0.2, 0.25) is 15.9 Å². The number of hydrogen-bond acceptors (Lipinski definition) is 3. The molecule has 5 nitrogen and oxygen atoms in total. The summed E-state index contributed by atoms with van der Waals surface area (Å²) in [5, 5.41) is 2.92. The fraction of sp³-hybridized carbons (Fsp3) is 0.923. The van der Waals surface area contributed by atoms with Crippen LogP contribution in [0.2, 0.25) is 0 Å². The lowest BCUT2D eigenvalue weighted by Gasteiger charge is -2.21. The van der Waals surface area contributed by atoms with Crippen LogP contribution in [0.25, 0.3) is 0 Å². The van der Waals surface area contributed by atoms with E-state index in [0.717, 1.165) is 38.4 Å².